The minimum Gasteiger partial charge on any atom is -0.484 e. The SMILES string of the molecule is Cc1cc(C(=O)COc2cccc(Cl)c2Cl)c(C)n1CC1CCCO1. The molecule has 1 aromatic carbocycles. The molecule has 25 heavy (non-hydrogen) atoms. The number of aromatic nitrogens is 1. The van der Waals surface area contributed by atoms with Crippen LogP contribution in [0.5, 0.6) is 5.75 Å². The van der Waals surface area contributed by atoms with E-state index in [4.69, 9.17) is 32.7 Å². The van der Waals surface area contributed by atoms with Crippen molar-refractivity contribution in [3.63, 3.8) is 0 Å². The van der Waals surface area contributed by atoms with Gasteiger partial charge in [0, 0.05) is 30.1 Å². The number of aryl methyl sites for hydroxylation is 1. The molecule has 134 valence electrons. The third kappa shape index (κ3) is 4.02. The number of ether oxygens (including phenoxy) is 2. The number of carbonyl (C=O) groups is 1. The molecule has 2 aromatic rings. The molecule has 3 rings (SSSR count). The van der Waals surface area contributed by atoms with Crippen molar-refractivity contribution in [3.8, 4) is 5.75 Å². The fourth-order valence-corrected chi connectivity index (χ4v) is 3.52. The predicted octanol–water partition coefficient (Wildman–Crippen LogP) is 4.85. The van der Waals surface area contributed by atoms with Gasteiger partial charge in [0.1, 0.15) is 10.8 Å². The monoisotopic (exact) mass is 381 g/mol. The lowest BCUT2D eigenvalue weighted by molar-refractivity contribution is 0.0914. The standard InChI is InChI=1S/C19H21Cl2NO3/c1-12-9-15(13(2)22(12)10-14-5-4-8-24-14)17(23)11-25-18-7-3-6-16(20)19(18)21/h3,6-7,9,14H,4-5,8,10-11H2,1-2H3. The average molecular weight is 382 g/mol. The van der Waals surface area contributed by atoms with Crippen molar-refractivity contribution in [2.75, 3.05) is 13.2 Å². The van der Waals surface area contributed by atoms with Crippen LogP contribution in [0.15, 0.2) is 24.3 Å². The summed E-state index contributed by atoms with van der Waals surface area (Å²) in [6.45, 7) is 5.50. The molecule has 0 radical (unpaired) electrons. The molecule has 1 aliphatic rings. The highest BCUT2D eigenvalue weighted by molar-refractivity contribution is 6.42. The highest BCUT2D eigenvalue weighted by Gasteiger charge is 2.21. The molecule has 1 fully saturated rings. The Morgan fingerprint density at radius 1 is 1.36 bits per heavy atom. The maximum Gasteiger partial charge on any atom is 0.202 e. The van der Waals surface area contributed by atoms with E-state index in [0.717, 1.165) is 37.4 Å². The van der Waals surface area contributed by atoms with Gasteiger partial charge in [0.15, 0.2) is 6.61 Å². The van der Waals surface area contributed by atoms with Gasteiger partial charge >= 0.3 is 0 Å². The van der Waals surface area contributed by atoms with Gasteiger partial charge < -0.3 is 14.0 Å². The van der Waals surface area contributed by atoms with Crippen molar-refractivity contribution in [3.05, 3.63) is 51.3 Å². The van der Waals surface area contributed by atoms with Crippen LogP contribution in [0.1, 0.15) is 34.6 Å². The molecule has 0 aliphatic carbocycles. The Labute approximate surface area is 157 Å². The number of hydrogen-bond acceptors (Lipinski definition) is 3. The summed E-state index contributed by atoms with van der Waals surface area (Å²) in [4.78, 5) is 12.6. The van der Waals surface area contributed by atoms with E-state index in [9.17, 15) is 4.79 Å². The first-order valence-corrected chi connectivity index (χ1v) is 9.11. The summed E-state index contributed by atoms with van der Waals surface area (Å²) >= 11 is 12.1. The van der Waals surface area contributed by atoms with Gasteiger partial charge in [-0.15, -0.1) is 0 Å². The van der Waals surface area contributed by atoms with Crippen LogP contribution in [0.4, 0.5) is 0 Å². The predicted molar refractivity (Wildman–Crippen MR) is 99.2 cm³/mol. The largest absolute Gasteiger partial charge is 0.484 e. The van der Waals surface area contributed by atoms with Crippen molar-refractivity contribution in [2.45, 2.75) is 39.3 Å². The quantitative estimate of drug-likeness (QED) is 0.671. The van der Waals surface area contributed by atoms with Gasteiger partial charge in [-0.2, -0.15) is 0 Å². The summed E-state index contributed by atoms with van der Waals surface area (Å²) in [5, 5.41) is 0.724. The van der Waals surface area contributed by atoms with Crippen molar-refractivity contribution < 1.29 is 14.3 Å². The van der Waals surface area contributed by atoms with Gasteiger partial charge in [-0.05, 0) is 44.9 Å². The molecule has 0 spiro atoms. The number of rotatable bonds is 6. The molecule has 1 saturated heterocycles. The first-order chi connectivity index (χ1) is 12.0. The van der Waals surface area contributed by atoms with E-state index < -0.39 is 0 Å². The molecular formula is C19H21Cl2NO3. The Bertz CT molecular complexity index is 779. The first-order valence-electron chi connectivity index (χ1n) is 8.35. The normalized spacial score (nSPS) is 17.0. The summed E-state index contributed by atoms with van der Waals surface area (Å²) in [6.07, 6.45) is 2.40. The van der Waals surface area contributed by atoms with Crippen LogP contribution in [-0.2, 0) is 11.3 Å². The molecule has 1 unspecified atom stereocenters. The van der Waals surface area contributed by atoms with E-state index in [1.165, 1.54) is 0 Å². The summed E-state index contributed by atoms with van der Waals surface area (Å²) < 4.78 is 13.4. The third-order valence-corrected chi connectivity index (χ3v) is 5.36. The molecule has 6 heteroatoms. The Morgan fingerprint density at radius 3 is 2.88 bits per heavy atom. The lowest BCUT2D eigenvalue weighted by Gasteiger charge is -2.15. The molecule has 0 amide bonds. The van der Waals surface area contributed by atoms with Crippen molar-refractivity contribution in [1.82, 2.24) is 4.57 Å². The van der Waals surface area contributed by atoms with E-state index in [-0.39, 0.29) is 18.5 Å². The minimum atomic E-state index is -0.0808. The second kappa shape index (κ2) is 7.81. The fourth-order valence-electron chi connectivity index (χ4n) is 3.17. The Morgan fingerprint density at radius 2 is 2.16 bits per heavy atom. The average Bonchev–Trinajstić information content (AvgIpc) is 3.19. The molecule has 4 nitrogen and oxygen atoms in total. The number of ketones is 1. The number of nitrogens with zero attached hydrogens (tertiary/aromatic N) is 1. The molecular weight excluding hydrogens is 361 g/mol. The van der Waals surface area contributed by atoms with Crippen LogP contribution < -0.4 is 4.74 Å². The molecule has 1 aromatic heterocycles. The van der Waals surface area contributed by atoms with Crippen LogP contribution in [0.2, 0.25) is 10.0 Å². The van der Waals surface area contributed by atoms with Gasteiger partial charge in [-0.25, -0.2) is 0 Å². The molecule has 2 heterocycles. The topological polar surface area (TPSA) is 40.5 Å². The summed E-state index contributed by atoms with van der Waals surface area (Å²) in [7, 11) is 0. The van der Waals surface area contributed by atoms with Crippen LogP contribution in [0.3, 0.4) is 0 Å². The van der Waals surface area contributed by atoms with E-state index in [0.29, 0.717) is 21.4 Å². The molecule has 0 N–H and O–H groups in total. The zero-order chi connectivity index (χ0) is 18.0. The lowest BCUT2D eigenvalue weighted by Crippen LogP contribution is -2.18. The number of halogens is 2. The summed E-state index contributed by atoms with van der Waals surface area (Å²) in [6, 6.07) is 7.02. The van der Waals surface area contributed by atoms with E-state index in [2.05, 4.69) is 4.57 Å². The molecule has 1 aliphatic heterocycles. The number of hydrogen-bond donors (Lipinski definition) is 0. The minimum absolute atomic E-state index is 0.0791. The lowest BCUT2D eigenvalue weighted by atomic mass is 10.1. The third-order valence-electron chi connectivity index (χ3n) is 4.56. The Hall–Kier alpha value is -1.49. The van der Waals surface area contributed by atoms with Gasteiger partial charge in [0.25, 0.3) is 0 Å². The second-order valence-electron chi connectivity index (χ2n) is 6.29. The molecule has 0 bridgehead atoms. The highest BCUT2D eigenvalue weighted by Crippen LogP contribution is 2.31. The van der Waals surface area contributed by atoms with Crippen LogP contribution >= 0.6 is 23.2 Å². The van der Waals surface area contributed by atoms with Gasteiger partial charge in [0.2, 0.25) is 5.78 Å². The zero-order valence-electron chi connectivity index (χ0n) is 14.4. The molecule has 0 saturated carbocycles. The maximum absolute atomic E-state index is 12.6. The van der Waals surface area contributed by atoms with Crippen molar-refractivity contribution >= 4 is 29.0 Å². The van der Waals surface area contributed by atoms with E-state index >= 15 is 0 Å². The highest BCUT2D eigenvalue weighted by atomic mass is 35.5. The smallest absolute Gasteiger partial charge is 0.202 e. The first kappa shape index (κ1) is 18.3. The number of carbonyl (C=O) groups excluding carboxylic acids is 1. The number of benzene rings is 1. The van der Waals surface area contributed by atoms with Crippen molar-refractivity contribution in [1.29, 1.82) is 0 Å². The van der Waals surface area contributed by atoms with E-state index in [1.54, 1.807) is 18.2 Å². The Balaban J connectivity index is 1.70. The van der Waals surface area contributed by atoms with Gasteiger partial charge in [-0.3, -0.25) is 4.79 Å². The van der Waals surface area contributed by atoms with Crippen LogP contribution in [0.25, 0.3) is 0 Å². The van der Waals surface area contributed by atoms with Crippen LogP contribution in [0, 0.1) is 13.8 Å². The van der Waals surface area contributed by atoms with Gasteiger partial charge in [-0.1, -0.05) is 29.3 Å². The summed E-state index contributed by atoms with van der Waals surface area (Å²) in [5.74, 6) is 0.332. The second-order valence-corrected chi connectivity index (χ2v) is 7.08. The number of Topliss-reactive ketones (excluding diaryl/α,β-unsaturated/α-hetero) is 1. The summed E-state index contributed by atoms with van der Waals surface area (Å²) in [5.41, 5.74) is 2.67. The zero-order valence-corrected chi connectivity index (χ0v) is 15.9. The Kier molecular flexibility index (Phi) is 5.72. The van der Waals surface area contributed by atoms with Crippen molar-refractivity contribution in [2.24, 2.45) is 0 Å². The van der Waals surface area contributed by atoms with Gasteiger partial charge in [0.05, 0.1) is 11.1 Å². The fraction of sp³-hybridized carbons (Fsp3) is 0.421. The van der Waals surface area contributed by atoms with Crippen LogP contribution in [-0.4, -0.2) is 29.7 Å². The van der Waals surface area contributed by atoms with E-state index in [1.807, 2.05) is 19.9 Å². The maximum atomic E-state index is 12.6. The molecule has 1 atom stereocenters.